The van der Waals surface area contributed by atoms with Gasteiger partial charge < -0.3 is 20.1 Å². The number of urea groups is 1. The number of hydrogen-bond acceptors (Lipinski definition) is 3. The van der Waals surface area contributed by atoms with Crippen molar-refractivity contribution in [3.63, 3.8) is 0 Å². The smallest absolute Gasteiger partial charge is 0.319 e. The highest BCUT2D eigenvalue weighted by molar-refractivity contribution is 5.90. The summed E-state index contributed by atoms with van der Waals surface area (Å²) in [5.74, 6) is 1.53. The molecule has 5 nitrogen and oxygen atoms in total. The van der Waals surface area contributed by atoms with E-state index in [0.29, 0.717) is 31.2 Å². The molecule has 2 aromatic carbocycles. The van der Waals surface area contributed by atoms with Crippen molar-refractivity contribution >= 4 is 11.7 Å². The summed E-state index contributed by atoms with van der Waals surface area (Å²) < 4.78 is 11.2. The second-order valence-electron chi connectivity index (χ2n) is 5.94. The molecule has 2 aromatic rings. The lowest BCUT2D eigenvalue weighted by Gasteiger charge is -2.12. The van der Waals surface area contributed by atoms with E-state index in [2.05, 4.69) is 22.8 Å². The molecule has 0 bridgehead atoms. The Morgan fingerprint density at radius 2 is 1.92 bits per heavy atom. The molecule has 5 heteroatoms. The number of para-hydroxylation sites is 2. The molecule has 1 aliphatic carbocycles. The predicted molar refractivity (Wildman–Crippen MR) is 98.6 cm³/mol. The summed E-state index contributed by atoms with van der Waals surface area (Å²) in [4.78, 5) is 12.0. The Morgan fingerprint density at radius 1 is 1.08 bits per heavy atom. The van der Waals surface area contributed by atoms with Crippen molar-refractivity contribution in [1.29, 1.82) is 0 Å². The third-order valence-electron chi connectivity index (χ3n) is 4.16. The first-order valence-corrected chi connectivity index (χ1v) is 8.77. The molecule has 0 spiro atoms. The van der Waals surface area contributed by atoms with E-state index in [-0.39, 0.29) is 6.03 Å². The van der Waals surface area contributed by atoms with Crippen LogP contribution in [0.3, 0.4) is 0 Å². The van der Waals surface area contributed by atoms with Crippen molar-refractivity contribution in [3.05, 3.63) is 53.6 Å². The van der Waals surface area contributed by atoms with Crippen LogP contribution < -0.4 is 20.1 Å². The zero-order chi connectivity index (χ0) is 17.5. The summed E-state index contributed by atoms with van der Waals surface area (Å²) in [5.41, 5.74) is 3.47. The van der Waals surface area contributed by atoms with E-state index < -0.39 is 0 Å². The summed E-state index contributed by atoms with van der Waals surface area (Å²) >= 11 is 0. The highest BCUT2D eigenvalue weighted by Crippen LogP contribution is 2.26. The van der Waals surface area contributed by atoms with Crippen LogP contribution in [-0.4, -0.2) is 25.8 Å². The fourth-order valence-electron chi connectivity index (χ4n) is 2.99. The largest absolute Gasteiger partial charge is 0.492 e. The maximum atomic E-state index is 12.0. The Kier molecular flexibility index (Phi) is 5.77. The Labute approximate surface area is 148 Å². The third-order valence-corrected chi connectivity index (χ3v) is 4.16. The van der Waals surface area contributed by atoms with Gasteiger partial charge in [0.05, 0.1) is 18.8 Å². The Bertz CT molecular complexity index is 731. The molecular weight excluding hydrogens is 316 g/mol. The SMILES string of the molecule is CCOc1ccccc1NC(=O)NCCOc1ccc2c(c1)CCC2. The molecule has 2 amide bonds. The molecule has 0 saturated carbocycles. The van der Waals surface area contributed by atoms with Gasteiger partial charge in [0.25, 0.3) is 0 Å². The number of anilines is 1. The molecule has 3 rings (SSSR count). The molecule has 0 heterocycles. The third kappa shape index (κ3) is 4.66. The fraction of sp³-hybridized carbons (Fsp3) is 0.350. The normalized spacial score (nSPS) is 12.4. The number of carbonyl (C=O) groups is 1. The number of rotatable bonds is 7. The molecule has 132 valence electrons. The number of carbonyl (C=O) groups excluding carboxylic acids is 1. The summed E-state index contributed by atoms with van der Waals surface area (Å²) in [7, 11) is 0. The molecule has 0 saturated heterocycles. The minimum Gasteiger partial charge on any atom is -0.492 e. The topological polar surface area (TPSA) is 59.6 Å². The van der Waals surface area contributed by atoms with Gasteiger partial charge in [-0.2, -0.15) is 0 Å². The fourth-order valence-corrected chi connectivity index (χ4v) is 2.99. The van der Waals surface area contributed by atoms with Crippen LogP contribution in [0, 0.1) is 0 Å². The van der Waals surface area contributed by atoms with E-state index in [1.165, 1.54) is 24.0 Å². The minimum absolute atomic E-state index is 0.273. The van der Waals surface area contributed by atoms with Gasteiger partial charge in [0.15, 0.2) is 0 Å². The zero-order valence-corrected chi connectivity index (χ0v) is 14.5. The first kappa shape index (κ1) is 17.1. The van der Waals surface area contributed by atoms with Gasteiger partial charge in [-0.3, -0.25) is 0 Å². The molecule has 0 aromatic heterocycles. The van der Waals surface area contributed by atoms with Crippen molar-refractivity contribution in [2.45, 2.75) is 26.2 Å². The molecule has 25 heavy (non-hydrogen) atoms. The maximum Gasteiger partial charge on any atom is 0.319 e. The van der Waals surface area contributed by atoms with Gasteiger partial charge in [-0.05, 0) is 61.6 Å². The number of nitrogens with one attached hydrogen (secondary N) is 2. The molecule has 0 aliphatic heterocycles. The van der Waals surface area contributed by atoms with Crippen LogP contribution in [0.1, 0.15) is 24.5 Å². The second-order valence-corrected chi connectivity index (χ2v) is 5.94. The van der Waals surface area contributed by atoms with Gasteiger partial charge in [-0.25, -0.2) is 4.79 Å². The second kappa shape index (κ2) is 8.42. The summed E-state index contributed by atoms with van der Waals surface area (Å²) in [5, 5.41) is 5.59. The van der Waals surface area contributed by atoms with E-state index in [0.717, 1.165) is 12.2 Å². The Hall–Kier alpha value is -2.69. The summed E-state index contributed by atoms with van der Waals surface area (Å²) in [6, 6.07) is 13.4. The standard InChI is InChI=1S/C20H24N2O3/c1-2-24-19-9-4-3-8-18(19)22-20(23)21-12-13-25-17-11-10-15-6-5-7-16(15)14-17/h3-4,8-11,14H,2,5-7,12-13H2,1H3,(H2,21,22,23). The van der Waals surface area contributed by atoms with Crippen molar-refractivity contribution in [2.24, 2.45) is 0 Å². The molecule has 1 aliphatic rings. The number of hydrogen-bond donors (Lipinski definition) is 2. The van der Waals surface area contributed by atoms with E-state index in [1.807, 2.05) is 37.3 Å². The van der Waals surface area contributed by atoms with Crippen molar-refractivity contribution in [3.8, 4) is 11.5 Å². The molecule has 0 atom stereocenters. The Morgan fingerprint density at radius 3 is 2.80 bits per heavy atom. The average molecular weight is 340 g/mol. The zero-order valence-electron chi connectivity index (χ0n) is 14.5. The lowest BCUT2D eigenvalue weighted by Crippen LogP contribution is -2.32. The maximum absolute atomic E-state index is 12.0. The molecule has 0 unspecified atom stereocenters. The van der Waals surface area contributed by atoms with Gasteiger partial charge in [0.1, 0.15) is 18.1 Å². The van der Waals surface area contributed by atoms with Gasteiger partial charge in [0, 0.05) is 0 Å². The quantitative estimate of drug-likeness (QED) is 0.754. The number of benzene rings is 2. The van der Waals surface area contributed by atoms with Crippen molar-refractivity contribution in [1.82, 2.24) is 5.32 Å². The summed E-state index contributed by atoms with van der Waals surface area (Å²) in [6.07, 6.45) is 3.52. The first-order valence-electron chi connectivity index (χ1n) is 8.77. The number of fused-ring (bicyclic) bond motifs is 1. The average Bonchev–Trinajstić information content (AvgIpc) is 3.08. The van der Waals surface area contributed by atoms with Crippen molar-refractivity contribution in [2.75, 3.05) is 25.1 Å². The van der Waals surface area contributed by atoms with E-state index in [9.17, 15) is 4.79 Å². The molecular formula is C20H24N2O3. The lowest BCUT2D eigenvalue weighted by atomic mass is 10.1. The number of aryl methyl sites for hydroxylation is 2. The van der Waals surface area contributed by atoms with E-state index in [1.54, 1.807) is 0 Å². The van der Waals surface area contributed by atoms with Crippen molar-refractivity contribution < 1.29 is 14.3 Å². The van der Waals surface area contributed by atoms with Gasteiger partial charge in [0.2, 0.25) is 0 Å². The molecule has 2 N–H and O–H groups in total. The number of ether oxygens (including phenoxy) is 2. The predicted octanol–water partition coefficient (Wildman–Crippen LogP) is 3.77. The van der Waals surface area contributed by atoms with Crippen LogP contribution in [-0.2, 0) is 12.8 Å². The van der Waals surface area contributed by atoms with E-state index in [4.69, 9.17) is 9.47 Å². The number of amides is 2. The lowest BCUT2D eigenvalue weighted by molar-refractivity contribution is 0.247. The van der Waals surface area contributed by atoms with Crippen LogP contribution in [0.5, 0.6) is 11.5 Å². The summed E-state index contributed by atoms with van der Waals surface area (Å²) in [6.45, 7) is 3.32. The van der Waals surface area contributed by atoms with Crippen LogP contribution in [0.2, 0.25) is 0 Å². The molecule has 0 fully saturated rings. The van der Waals surface area contributed by atoms with Gasteiger partial charge in [-0.1, -0.05) is 18.2 Å². The first-order chi connectivity index (χ1) is 12.3. The van der Waals surface area contributed by atoms with Gasteiger partial charge in [-0.15, -0.1) is 0 Å². The van der Waals surface area contributed by atoms with Crippen LogP contribution >= 0.6 is 0 Å². The van der Waals surface area contributed by atoms with Gasteiger partial charge >= 0.3 is 6.03 Å². The Balaban J connectivity index is 1.42. The minimum atomic E-state index is -0.273. The van der Waals surface area contributed by atoms with Crippen LogP contribution in [0.15, 0.2) is 42.5 Å². The monoisotopic (exact) mass is 340 g/mol. The van der Waals surface area contributed by atoms with E-state index >= 15 is 0 Å². The highest BCUT2D eigenvalue weighted by atomic mass is 16.5. The van der Waals surface area contributed by atoms with Crippen LogP contribution in [0.4, 0.5) is 10.5 Å². The molecule has 0 radical (unpaired) electrons. The highest BCUT2D eigenvalue weighted by Gasteiger charge is 2.11. The van der Waals surface area contributed by atoms with Crippen LogP contribution in [0.25, 0.3) is 0 Å².